The van der Waals surface area contributed by atoms with E-state index in [1.807, 2.05) is 7.05 Å². The quantitative estimate of drug-likeness (QED) is 0.822. The zero-order chi connectivity index (χ0) is 17.8. The van der Waals surface area contributed by atoms with Crippen LogP contribution in [-0.4, -0.2) is 46.4 Å². The predicted octanol–water partition coefficient (Wildman–Crippen LogP) is 2.87. The van der Waals surface area contributed by atoms with E-state index in [9.17, 15) is 14.7 Å². The highest BCUT2D eigenvalue weighted by Gasteiger charge is 2.26. The van der Waals surface area contributed by atoms with Gasteiger partial charge in [0.15, 0.2) is 5.78 Å². The molecule has 5 heteroatoms. The van der Waals surface area contributed by atoms with Crippen molar-refractivity contribution < 1.29 is 14.7 Å². The van der Waals surface area contributed by atoms with Crippen LogP contribution in [0.5, 0.6) is 0 Å². The summed E-state index contributed by atoms with van der Waals surface area (Å²) in [6.45, 7) is 0.237. The first-order valence-electron chi connectivity index (χ1n) is 8.75. The maximum Gasteiger partial charge on any atom is 0.253 e. The summed E-state index contributed by atoms with van der Waals surface area (Å²) in [6.07, 6.45) is 7.16. The van der Waals surface area contributed by atoms with E-state index in [1.165, 1.54) is 0 Å². The lowest BCUT2D eigenvalue weighted by Crippen LogP contribution is -2.39. The number of aliphatic hydroxyl groups excluding tert-OH is 1. The maximum absolute atomic E-state index is 12.7. The first-order chi connectivity index (χ1) is 12.1. The Morgan fingerprint density at radius 3 is 2.24 bits per heavy atom. The molecule has 0 atom stereocenters. The number of aromatic amines is 1. The Labute approximate surface area is 147 Å². The van der Waals surface area contributed by atoms with Crippen LogP contribution in [0.3, 0.4) is 0 Å². The highest BCUT2D eigenvalue weighted by molar-refractivity contribution is 6.09. The fourth-order valence-electron chi connectivity index (χ4n) is 3.48. The molecule has 0 bridgehead atoms. The monoisotopic (exact) mass is 340 g/mol. The van der Waals surface area contributed by atoms with Gasteiger partial charge in [0.2, 0.25) is 0 Å². The molecule has 1 amide bonds. The van der Waals surface area contributed by atoms with Gasteiger partial charge in [-0.25, -0.2) is 0 Å². The Kier molecular flexibility index (Phi) is 5.34. The average Bonchev–Trinajstić information content (AvgIpc) is 3.21. The molecule has 0 aliphatic heterocycles. The molecule has 2 aromatic rings. The number of benzene rings is 1. The molecule has 1 aliphatic rings. The number of H-pyrrole nitrogens is 1. The Morgan fingerprint density at radius 2 is 1.68 bits per heavy atom. The van der Waals surface area contributed by atoms with Crippen LogP contribution in [0.1, 0.15) is 52.0 Å². The largest absolute Gasteiger partial charge is 0.396 e. The van der Waals surface area contributed by atoms with E-state index in [-0.39, 0.29) is 24.3 Å². The summed E-state index contributed by atoms with van der Waals surface area (Å²) in [7, 11) is 1.84. The van der Waals surface area contributed by atoms with Crippen molar-refractivity contribution in [2.45, 2.75) is 31.7 Å². The van der Waals surface area contributed by atoms with Crippen molar-refractivity contribution in [3.05, 3.63) is 59.4 Å². The van der Waals surface area contributed by atoms with Gasteiger partial charge in [0.25, 0.3) is 5.91 Å². The van der Waals surface area contributed by atoms with E-state index >= 15 is 0 Å². The fourth-order valence-corrected chi connectivity index (χ4v) is 3.48. The number of carbonyl (C=O) groups is 2. The number of hydrogen-bond donors (Lipinski definition) is 2. The fraction of sp³-hybridized carbons (Fsp3) is 0.400. The van der Waals surface area contributed by atoms with Gasteiger partial charge in [-0.3, -0.25) is 9.59 Å². The second-order valence-electron chi connectivity index (χ2n) is 6.78. The summed E-state index contributed by atoms with van der Waals surface area (Å²) in [6, 6.07) is 8.81. The number of nitrogens with zero attached hydrogens (tertiary/aromatic N) is 1. The first-order valence-corrected chi connectivity index (χ1v) is 8.75. The second kappa shape index (κ2) is 7.66. The summed E-state index contributed by atoms with van der Waals surface area (Å²) in [5.41, 5.74) is 1.77. The van der Waals surface area contributed by atoms with Crippen LogP contribution in [0.4, 0.5) is 0 Å². The SMILES string of the molecule is CN(C(=O)c1ccc(C(=O)c2cc[nH]c2)cc1)C1CCC(CO)CC1. The van der Waals surface area contributed by atoms with Gasteiger partial charge in [-0.1, -0.05) is 12.1 Å². The van der Waals surface area contributed by atoms with Gasteiger partial charge >= 0.3 is 0 Å². The first kappa shape index (κ1) is 17.4. The molecule has 1 saturated carbocycles. The summed E-state index contributed by atoms with van der Waals surface area (Å²) < 4.78 is 0. The van der Waals surface area contributed by atoms with Gasteiger partial charge in [-0.05, 0) is 49.8 Å². The van der Waals surface area contributed by atoms with E-state index in [4.69, 9.17) is 0 Å². The number of carbonyl (C=O) groups excluding carboxylic acids is 2. The molecule has 132 valence electrons. The minimum atomic E-state index is -0.0593. The molecular weight excluding hydrogens is 316 g/mol. The Morgan fingerprint density at radius 1 is 1.04 bits per heavy atom. The van der Waals surface area contributed by atoms with Crippen LogP contribution in [0, 0.1) is 5.92 Å². The van der Waals surface area contributed by atoms with Gasteiger partial charge in [-0.15, -0.1) is 0 Å². The third-order valence-corrected chi connectivity index (χ3v) is 5.20. The molecule has 5 nitrogen and oxygen atoms in total. The van der Waals surface area contributed by atoms with Crippen LogP contribution in [0.25, 0.3) is 0 Å². The van der Waals surface area contributed by atoms with Crippen LogP contribution in [-0.2, 0) is 0 Å². The third kappa shape index (κ3) is 3.82. The molecule has 0 spiro atoms. The number of amides is 1. The lowest BCUT2D eigenvalue weighted by molar-refractivity contribution is 0.0652. The zero-order valence-electron chi connectivity index (χ0n) is 14.4. The zero-order valence-corrected chi connectivity index (χ0v) is 14.4. The van der Waals surface area contributed by atoms with Crippen molar-refractivity contribution >= 4 is 11.7 Å². The van der Waals surface area contributed by atoms with Gasteiger partial charge in [-0.2, -0.15) is 0 Å². The standard InChI is InChI=1S/C20H24N2O3/c1-22(18-8-2-14(13-23)3-9-18)20(25)16-6-4-15(5-7-16)19(24)17-10-11-21-12-17/h4-7,10-12,14,18,21,23H,2-3,8-9,13H2,1H3. The van der Waals surface area contributed by atoms with Crippen LogP contribution < -0.4 is 0 Å². The highest BCUT2D eigenvalue weighted by Crippen LogP contribution is 2.27. The molecule has 1 aliphatic carbocycles. The molecule has 1 aromatic carbocycles. The number of aliphatic hydroxyl groups is 1. The average molecular weight is 340 g/mol. The van der Waals surface area contributed by atoms with Crippen LogP contribution in [0.2, 0.25) is 0 Å². The van der Waals surface area contributed by atoms with E-state index in [1.54, 1.807) is 47.6 Å². The van der Waals surface area contributed by atoms with Crippen molar-refractivity contribution in [2.24, 2.45) is 5.92 Å². The number of aromatic nitrogens is 1. The normalized spacial score (nSPS) is 20.2. The number of hydrogen-bond acceptors (Lipinski definition) is 3. The third-order valence-electron chi connectivity index (χ3n) is 5.20. The molecule has 1 aromatic heterocycles. The summed E-state index contributed by atoms with van der Waals surface area (Å²) in [4.78, 5) is 29.7. The number of rotatable bonds is 5. The lowest BCUT2D eigenvalue weighted by atomic mass is 9.86. The van der Waals surface area contributed by atoms with Crippen molar-refractivity contribution in [2.75, 3.05) is 13.7 Å². The molecule has 1 heterocycles. The second-order valence-corrected chi connectivity index (χ2v) is 6.78. The van der Waals surface area contributed by atoms with Gasteiger partial charge in [0.1, 0.15) is 0 Å². The highest BCUT2D eigenvalue weighted by atomic mass is 16.3. The van der Waals surface area contributed by atoms with E-state index in [0.717, 1.165) is 25.7 Å². The Bertz CT molecular complexity index is 714. The molecule has 0 unspecified atom stereocenters. The van der Waals surface area contributed by atoms with Crippen molar-refractivity contribution in [3.8, 4) is 0 Å². The number of nitrogens with one attached hydrogen (secondary N) is 1. The summed E-state index contributed by atoms with van der Waals surface area (Å²) in [5, 5.41) is 9.23. The molecule has 3 rings (SSSR count). The van der Waals surface area contributed by atoms with Crippen molar-refractivity contribution in [1.29, 1.82) is 0 Å². The van der Waals surface area contributed by atoms with Gasteiger partial charge < -0.3 is 15.0 Å². The Hall–Kier alpha value is -2.40. The maximum atomic E-state index is 12.7. The van der Waals surface area contributed by atoms with Crippen LogP contribution >= 0.6 is 0 Å². The molecule has 0 radical (unpaired) electrons. The summed E-state index contributed by atoms with van der Waals surface area (Å²) >= 11 is 0. The van der Waals surface area contributed by atoms with Gasteiger partial charge in [0, 0.05) is 48.8 Å². The van der Waals surface area contributed by atoms with E-state index in [2.05, 4.69) is 4.98 Å². The van der Waals surface area contributed by atoms with E-state index < -0.39 is 0 Å². The molecule has 1 fully saturated rings. The van der Waals surface area contributed by atoms with Gasteiger partial charge in [0.05, 0.1) is 0 Å². The Balaban J connectivity index is 1.65. The minimum absolute atomic E-state index is 0.0203. The lowest BCUT2D eigenvalue weighted by Gasteiger charge is -2.34. The summed E-state index contributed by atoms with van der Waals surface area (Å²) in [5.74, 6) is 0.294. The van der Waals surface area contributed by atoms with Crippen LogP contribution in [0.15, 0.2) is 42.7 Å². The molecule has 0 saturated heterocycles. The molecule has 2 N–H and O–H groups in total. The molecular formula is C20H24N2O3. The van der Waals surface area contributed by atoms with Crippen molar-refractivity contribution in [1.82, 2.24) is 9.88 Å². The molecule has 25 heavy (non-hydrogen) atoms. The smallest absolute Gasteiger partial charge is 0.253 e. The van der Waals surface area contributed by atoms with Crippen molar-refractivity contribution in [3.63, 3.8) is 0 Å². The van der Waals surface area contributed by atoms with E-state index in [0.29, 0.717) is 22.6 Å². The number of ketones is 1. The minimum Gasteiger partial charge on any atom is -0.396 e. The predicted molar refractivity (Wildman–Crippen MR) is 95.6 cm³/mol. The topological polar surface area (TPSA) is 73.4 Å².